The lowest BCUT2D eigenvalue weighted by Gasteiger charge is -2.33. The van der Waals surface area contributed by atoms with Crippen LogP contribution in [0.15, 0.2) is 17.5 Å². The average Bonchev–Trinajstić information content (AvgIpc) is 2.92. The van der Waals surface area contributed by atoms with Crippen LogP contribution in [0.4, 0.5) is 0 Å². The summed E-state index contributed by atoms with van der Waals surface area (Å²) in [7, 11) is -3.02. The number of hydrogen-bond acceptors (Lipinski definition) is 4. The van der Waals surface area contributed by atoms with Crippen molar-refractivity contribution in [1.82, 2.24) is 9.62 Å². The van der Waals surface area contributed by atoms with E-state index < -0.39 is 10.0 Å². The van der Waals surface area contributed by atoms with Gasteiger partial charge in [0, 0.05) is 30.1 Å². The van der Waals surface area contributed by atoms with Gasteiger partial charge >= 0.3 is 0 Å². The van der Waals surface area contributed by atoms with Crippen molar-refractivity contribution in [2.45, 2.75) is 51.6 Å². The summed E-state index contributed by atoms with van der Waals surface area (Å²) in [5, 5.41) is 5.76. The molecule has 0 amide bonds. The zero-order valence-electron chi connectivity index (χ0n) is 12.9. The highest BCUT2D eigenvalue weighted by Crippen LogP contribution is 2.17. The first-order valence-corrected chi connectivity index (χ1v) is 10.3. The maximum absolute atomic E-state index is 12.0. The Morgan fingerprint density at radius 3 is 2.71 bits per heavy atom. The normalized spacial score (nSPS) is 19.7. The molecule has 0 saturated carbocycles. The second-order valence-corrected chi connectivity index (χ2v) is 8.96. The Morgan fingerprint density at radius 2 is 2.14 bits per heavy atom. The second-order valence-electron chi connectivity index (χ2n) is 5.84. The molecule has 1 fully saturated rings. The lowest BCUT2D eigenvalue weighted by molar-refractivity contribution is 0.276. The highest BCUT2D eigenvalue weighted by atomic mass is 32.2. The summed E-state index contributed by atoms with van der Waals surface area (Å²) in [6.45, 7) is 5.44. The van der Waals surface area contributed by atoms with Crippen molar-refractivity contribution in [1.29, 1.82) is 0 Å². The number of nitrogens with one attached hydrogen (secondary N) is 1. The van der Waals surface area contributed by atoms with Gasteiger partial charge in [0.15, 0.2) is 0 Å². The van der Waals surface area contributed by atoms with Gasteiger partial charge in [0.05, 0.1) is 5.75 Å². The molecule has 4 nitrogen and oxygen atoms in total. The molecule has 1 saturated heterocycles. The Labute approximate surface area is 132 Å². The number of thiophene rings is 1. The molecule has 0 radical (unpaired) electrons. The highest BCUT2D eigenvalue weighted by Gasteiger charge is 2.27. The number of nitrogens with zero attached hydrogens (tertiary/aromatic N) is 1. The van der Waals surface area contributed by atoms with Gasteiger partial charge in [0.1, 0.15) is 0 Å². The van der Waals surface area contributed by atoms with E-state index in [0.29, 0.717) is 31.6 Å². The Hall–Kier alpha value is -0.430. The average molecular weight is 331 g/mol. The predicted octanol–water partition coefficient (Wildman–Crippen LogP) is 2.47. The van der Waals surface area contributed by atoms with E-state index in [0.717, 1.165) is 19.3 Å². The summed E-state index contributed by atoms with van der Waals surface area (Å²) >= 11 is 1.79. The minimum absolute atomic E-state index is 0.278. The Morgan fingerprint density at radius 1 is 1.43 bits per heavy atom. The monoisotopic (exact) mass is 330 g/mol. The van der Waals surface area contributed by atoms with E-state index in [9.17, 15) is 8.42 Å². The van der Waals surface area contributed by atoms with Crippen molar-refractivity contribution < 1.29 is 8.42 Å². The number of piperidine rings is 1. The van der Waals surface area contributed by atoms with Gasteiger partial charge in [-0.05, 0) is 44.1 Å². The van der Waals surface area contributed by atoms with Crippen LogP contribution < -0.4 is 5.32 Å². The molecule has 0 aliphatic carbocycles. The molecule has 120 valence electrons. The fourth-order valence-corrected chi connectivity index (χ4v) is 5.26. The first-order chi connectivity index (χ1) is 10.0. The van der Waals surface area contributed by atoms with Crippen molar-refractivity contribution in [2.75, 3.05) is 18.8 Å². The molecule has 2 heterocycles. The van der Waals surface area contributed by atoms with Gasteiger partial charge in [-0.1, -0.05) is 13.0 Å². The highest BCUT2D eigenvalue weighted by molar-refractivity contribution is 7.89. The maximum atomic E-state index is 12.0. The summed E-state index contributed by atoms with van der Waals surface area (Å²) in [5.41, 5.74) is 0. The fourth-order valence-electron chi connectivity index (χ4n) is 2.88. The summed E-state index contributed by atoms with van der Waals surface area (Å²) < 4.78 is 25.7. The lowest BCUT2D eigenvalue weighted by atomic mass is 10.0. The zero-order valence-corrected chi connectivity index (χ0v) is 14.5. The number of hydrogen-bond donors (Lipinski definition) is 1. The van der Waals surface area contributed by atoms with Crippen LogP contribution in [0.3, 0.4) is 0 Å². The molecular formula is C15H26N2O2S2. The van der Waals surface area contributed by atoms with E-state index in [1.807, 2.05) is 6.92 Å². The minimum Gasteiger partial charge on any atom is -0.311 e. The summed E-state index contributed by atoms with van der Waals surface area (Å²) in [5.74, 6) is 0.278. The third-order valence-electron chi connectivity index (χ3n) is 3.92. The topological polar surface area (TPSA) is 49.4 Å². The fraction of sp³-hybridized carbons (Fsp3) is 0.733. The van der Waals surface area contributed by atoms with Crippen molar-refractivity contribution in [3.05, 3.63) is 22.4 Å². The molecule has 0 unspecified atom stereocenters. The largest absolute Gasteiger partial charge is 0.311 e. The van der Waals surface area contributed by atoms with Gasteiger partial charge in [-0.2, -0.15) is 0 Å². The SMILES string of the molecule is CCCS(=O)(=O)N1CCC(N[C@@H](C)Cc2cccs2)CC1. The van der Waals surface area contributed by atoms with E-state index in [1.165, 1.54) is 4.88 Å². The summed E-state index contributed by atoms with van der Waals surface area (Å²) in [6.07, 6.45) is 3.57. The quantitative estimate of drug-likeness (QED) is 0.835. The van der Waals surface area contributed by atoms with Gasteiger partial charge < -0.3 is 5.32 Å². The molecule has 1 aromatic rings. The molecule has 1 N–H and O–H groups in total. The molecule has 1 aliphatic heterocycles. The Balaban J connectivity index is 1.76. The van der Waals surface area contributed by atoms with Crippen LogP contribution in [0.2, 0.25) is 0 Å². The predicted molar refractivity (Wildman–Crippen MR) is 89.3 cm³/mol. The first kappa shape index (κ1) is 16.9. The van der Waals surface area contributed by atoms with Crippen molar-refractivity contribution in [2.24, 2.45) is 0 Å². The Bertz CT molecular complexity index is 506. The van der Waals surface area contributed by atoms with Crippen LogP contribution in [0.1, 0.15) is 38.0 Å². The first-order valence-electron chi connectivity index (χ1n) is 7.77. The van der Waals surface area contributed by atoms with E-state index in [2.05, 4.69) is 29.8 Å². The van der Waals surface area contributed by atoms with E-state index in [4.69, 9.17) is 0 Å². The van der Waals surface area contributed by atoms with Gasteiger partial charge in [-0.15, -0.1) is 11.3 Å². The van der Waals surface area contributed by atoms with Crippen LogP contribution in [0.25, 0.3) is 0 Å². The standard InChI is InChI=1S/C15H26N2O2S2/c1-3-11-21(18,19)17-8-6-14(7-9-17)16-13(2)12-15-5-4-10-20-15/h4-5,10,13-14,16H,3,6-9,11-12H2,1-2H3/t13-/m0/s1. The second kappa shape index (κ2) is 7.72. The molecule has 1 aliphatic rings. The molecule has 2 rings (SSSR count). The summed E-state index contributed by atoms with van der Waals surface area (Å²) in [6, 6.07) is 5.13. The summed E-state index contributed by atoms with van der Waals surface area (Å²) in [4.78, 5) is 1.40. The van der Waals surface area contributed by atoms with Crippen LogP contribution >= 0.6 is 11.3 Å². The third-order valence-corrected chi connectivity index (χ3v) is 6.89. The molecular weight excluding hydrogens is 304 g/mol. The smallest absolute Gasteiger partial charge is 0.214 e. The van der Waals surface area contributed by atoms with Gasteiger partial charge in [-0.25, -0.2) is 12.7 Å². The number of rotatable bonds is 7. The zero-order chi connectivity index (χ0) is 15.3. The molecule has 1 atom stereocenters. The van der Waals surface area contributed by atoms with Gasteiger partial charge in [-0.3, -0.25) is 0 Å². The molecule has 0 aromatic carbocycles. The van der Waals surface area contributed by atoms with Crippen molar-refractivity contribution >= 4 is 21.4 Å². The van der Waals surface area contributed by atoms with Crippen LogP contribution in [0, 0.1) is 0 Å². The van der Waals surface area contributed by atoms with E-state index >= 15 is 0 Å². The number of sulfonamides is 1. The van der Waals surface area contributed by atoms with Crippen molar-refractivity contribution in [3.8, 4) is 0 Å². The molecule has 6 heteroatoms. The third kappa shape index (κ3) is 5.06. The van der Waals surface area contributed by atoms with Crippen LogP contribution in [0.5, 0.6) is 0 Å². The molecule has 1 aromatic heterocycles. The lowest BCUT2D eigenvalue weighted by Crippen LogP contribution is -2.47. The molecule has 0 bridgehead atoms. The molecule has 21 heavy (non-hydrogen) atoms. The van der Waals surface area contributed by atoms with Gasteiger partial charge in [0.2, 0.25) is 10.0 Å². The Kier molecular flexibility index (Phi) is 6.22. The minimum atomic E-state index is -3.02. The van der Waals surface area contributed by atoms with E-state index in [1.54, 1.807) is 15.6 Å². The van der Waals surface area contributed by atoms with Crippen molar-refractivity contribution in [3.63, 3.8) is 0 Å². The van der Waals surface area contributed by atoms with Gasteiger partial charge in [0.25, 0.3) is 0 Å². The maximum Gasteiger partial charge on any atom is 0.214 e. The van der Waals surface area contributed by atoms with Crippen LogP contribution in [-0.2, 0) is 16.4 Å². The molecule has 0 spiro atoms. The van der Waals surface area contributed by atoms with E-state index in [-0.39, 0.29) is 5.75 Å². The van der Waals surface area contributed by atoms with Crippen LogP contribution in [-0.4, -0.2) is 43.6 Å².